The summed E-state index contributed by atoms with van der Waals surface area (Å²) in [6.45, 7) is 3.63. The van der Waals surface area contributed by atoms with Crippen molar-refractivity contribution >= 4 is 34.9 Å². The molecule has 58 heavy (non-hydrogen) atoms. The molecule has 6 rings (SSSR count). The van der Waals surface area contributed by atoms with Gasteiger partial charge in [0.05, 0.1) is 29.7 Å². The summed E-state index contributed by atoms with van der Waals surface area (Å²) in [5, 5.41) is 14.3. The van der Waals surface area contributed by atoms with Crippen molar-refractivity contribution in [2.45, 2.75) is 71.5 Å². The van der Waals surface area contributed by atoms with E-state index in [1.54, 1.807) is 34.9 Å². The monoisotopic (exact) mass is 793 g/mol. The third kappa shape index (κ3) is 10.0. The number of para-hydroxylation sites is 1. The number of carbonyl (C=O) groups is 3. The van der Waals surface area contributed by atoms with Crippen molar-refractivity contribution < 1.29 is 43.3 Å². The Morgan fingerprint density at radius 1 is 0.931 bits per heavy atom. The van der Waals surface area contributed by atoms with Gasteiger partial charge in [-0.15, -0.1) is 15.2 Å². The maximum atomic E-state index is 13.5. The number of hydrazone groups is 1. The number of rotatable bonds is 15. The third-order valence-electron chi connectivity index (χ3n) is 9.34. The highest BCUT2D eigenvalue weighted by Gasteiger charge is 2.25. The molecule has 1 heterocycles. The van der Waals surface area contributed by atoms with E-state index < -0.39 is 29.4 Å². The summed E-state index contributed by atoms with van der Waals surface area (Å²) in [6, 6.07) is 26.1. The first kappa shape index (κ1) is 40.6. The summed E-state index contributed by atoms with van der Waals surface area (Å²) in [6.07, 6.45) is 2.36. The average Bonchev–Trinajstić information content (AvgIpc) is 3.57. The number of imidazole rings is 1. The third-order valence-corrected chi connectivity index (χ3v) is 9.34. The quantitative estimate of drug-likeness (QED) is 0.0169. The molecular weight excluding hydrogens is 750 g/mol. The van der Waals surface area contributed by atoms with Crippen LogP contribution in [0.4, 0.5) is 4.79 Å². The zero-order valence-corrected chi connectivity index (χ0v) is 31.9. The van der Waals surface area contributed by atoms with Crippen molar-refractivity contribution in [3.8, 4) is 17.1 Å². The van der Waals surface area contributed by atoms with Crippen molar-refractivity contribution in [3.63, 3.8) is 0 Å². The average molecular weight is 794 g/mol. The number of nitrogens with two attached hydrogens (primary N) is 2. The van der Waals surface area contributed by atoms with Gasteiger partial charge in [-0.25, -0.2) is 15.4 Å². The molecule has 1 aliphatic rings. The van der Waals surface area contributed by atoms with E-state index in [1.807, 2.05) is 43.3 Å². The van der Waals surface area contributed by atoms with Crippen LogP contribution in [-0.2, 0) is 32.2 Å². The van der Waals surface area contributed by atoms with Crippen LogP contribution in [0.15, 0.2) is 96.1 Å². The maximum Gasteiger partial charge on any atom is 0.511 e. The summed E-state index contributed by atoms with van der Waals surface area (Å²) in [4.78, 5) is 58.4. The molecule has 4 N–H and O–H groups in total. The first-order valence-corrected chi connectivity index (χ1v) is 18.7. The maximum absolute atomic E-state index is 13.5. The molecule has 1 atom stereocenters. The number of aromatic nitrogens is 2. The van der Waals surface area contributed by atoms with Crippen LogP contribution >= 0.6 is 0 Å². The molecular formula is C41H43N7O10. The summed E-state index contributed by atoms with van der Waals surface area (Å²) < 4.78 is 23.9. The fourth-order valence-electron chi connectivity index (χ4n) is 6.58. The molecule has 17 heteroatoms. The van der Waals surface area contributed by atoms with E-state index in [0.717, 1.165) is 48.8 Å². The molecule has 1 fully saturated rings. The van der Waals surface area contributed by atoms with Crippen molar-refractivity contribution in [3.05, 3.63) is 129 Å². The number of hydrogen-bond acceptors (Lipinski definition) is 13. The summed E-state index contributed by atoms with van der Waals surface area (Å²) >= 11 is 0. The largest absolute Gasteiger partial charge is 0.511 e. The van der Waals surface area contributed by atoms with Crippen LogP contribution in [0.5, 0.6) is 6.01 Å². The number of benzene rings is 4. The second kappa shape index (κ2) is 18.8. The molecule has 1 unspecified atom stereocenters. The number of carbonyl (C=O) groups excluding carboxylic acids is 3. The Morgan fingerprint density at radius 3 is 2.33 bits per heavy atom. The number of ether oxygens (including phenoxy) is 4. The van der Waals surface area contributed by atoms with Crippen LogP contribution in [-0.4, -0.2) is 62.6 Å². The lowest BCUT2D eigenvalue weighted by molar-refractivity contribution is -0.763. The second-order valence-electron chi connectivity index (χ2n) is 13.4. The van der Waals surface area contributed by atoms with Crippen LogP contribution in [0.2, 0.25) is 0 Å². The molecule has 17 nitrogen and oxygen atoms in total. The van der Waals surface area contributed by atoms with Gasteiger partial charge in [0, 0.05) is 18.1 Å². The smallest absolute Gasteiger partial charge is 0.465 e. The van der Waals surface area contributed by atoms with Crippen LogP contribution in [0, 0.1) is 10.1 Å². The molecule has 1 amide bonds. The van der Waals surface area contributed by atoms with E-state index in [2.05, 4.69) is 14.9 Å². The van der Waals surface area contributed by atoms with Crippen molar-refractivity contribution in [2.24, 2.45) is 16.7 Å². The van der Waals surface area contributed by atoms with E-state index in [1.165, 1.54) is 31.2 Å². The number of nitrogens with zero attached hydrogens (tertiary/aromatic N) is 5. The SMILES string of the molecule is CCOc1nc2cccc(C(=O)OC(C)OC(=O)OC3CCCCC3)c2n1Cc1ccc(-c2ccccc2/C(N)=N/N(N)C(=O)c2ccc(CO[N+](=O)[O-])cc2)cc1. The first-order valence-electron chi connectivity index (χ1n) is 18.7. The minimum Gasteiger partial charge on any atom is -0.465 e. The Morgan fingerprint density at radius 2 is 1.62 bits per heavy atom. The van der Waals surface area contributed by atoms with Crippen LogP contribution in [0.3, 0.4) is 0 Å². The van der Waals surface area contributed by atoms with Crippen LogP contribution < -0.4 is 16.3 Å². The standard InChI is InChI=1S/C41H43N7O10/c1-3-54-40-44-35-15-9-14-34(39(50)56-26(2)57-41(51)58-31-10-5-4-6-11-31)36(35)46(40)24-27-16-20-29(21-17-27)32-12-7-8-13-33(32)37(42)45-47(43)38(49)30-22-18-28(19-23-30)25-55-48(52)53/h7-9,12-23,26,31H,3-6,10-11,24-25,43H2,1-2H3,(H2,42,45). The summed E-state index contributed by atoms with van der Waals surface area (Å²) in [5.74, 6) is 4.62. The van der Waals surface area contributed by atoms with Crippen LogP contribution in [0.1, 0.15) is 83.4 Å². The van der Waals surface area contributed by atoms with Gasteiger partial charge in [0.2, 0.25) is 6.29 Å². The fraction of sp³-hybridized carbons (Fsp3) is 0.293. The lowest BCUT2D eigenvalue weighted by Crippen LogP contribution is -2.35. The number of hydrazine groups is 1. The number of hydrogen-bond donors (Lipinski definition) is 2. The Bertz CT molecular complexity index is 2290. The molecule has 0 aliphatic heterocycles. The normalized spacial score (nSPS) is 13.7. The molecule has 0 bridgehead atoms. The first-order chi connectivity index (χ1) is 28.0. The van der Waals surface area contributed by atoms with E-state index in [-0.39, 0.29) is 36.2 Å². The Labute approximate surface area is 333 Å². The zero-order valence-electron chi connectivity index (χ0n) is 31.9. The number of amides is 1. The van der Waals surface area contributed by atoms with Crippen molar-refractivity contribution in [2.75, 3.05) is 6.61 Å². The highest BCUT2D eigenvalue weighted by Crippen LogP contribution is 2.29. The second-order valence-corrected chi connectivity index (χ2v) is 13.4. The van der Waals surface area contributed by atoms with E-state index in [9.17, 15) is 24.5 Å². The molecule has 1 aliphatic carbocycles. The van der Waals surface area contributed by atoms with Crippen molar-refractivity contribution in [1.82, 2.24) is 14.7 Å². The molecule has 4 aromatic carbocycles. The molecule has 1 saturated carbocycles. The molecule has 0 spiro atoms. The Kier molecular flexibility index (Phi) is 13.1. The van der Waals surface area contributed by atoms with E-state index in [0.29, 0.717) is 39.9 Å². The van der Waals surface area contributed by atoms with Gasteiger partial charge in [0.1, 0.15) is 12.7 Å². The predicted molar refractivity (Wildman–Crippen MR) is 211 cm³/mol. The minimum absolute atomic E-state index is 0.0157. The summed E-state index contributed by atoms with van der Waals surface area (Å²) in [5.41, 5.74) is 11.1. The van der Waals surface area contributed by atoms with Gasteiger partial charge in [-0.2, -0.15) is 10.1 Å². The highest BCUT2D eigenvalue weighted by atomic mass is 16.9. The Hall–Kier alpha value is -7.01. The molecule has 1 aromatic heterocycles. The minimum atomic E-state index is -1.20. The van der Waals surface area contributed by atoms with Gasteiger partial charge >= 0.3 is 12.1 Å². The zero-order chi connectivity index (χ0) is 41.2. The number of esters is 1. The summed E-state index contributed by atoms with van der Waals surface area (Å²) in [7, 11) is 0. The van der Waals surface area contributed by atoms with Gasteiger partial charge < -0.3 is 29.5 Å². The molecule has 0 radical (unpaired) electrons. The van der Waals surface area contributed by atoms with Crippen molar-refractivity contribution in [1.29, 1.82) is 0 Å². The van der Waals surface area contributed by atoms with Gasteiger partial charge in [-0.1, -0.05) is 73.2 Å². The van der Waals surface area contributed by atoms with E-state index >= 15 is 0 Å². The lowest BCUT2D eigenvalue weighted by Gasteiger charge is -2.22. The molecule has 5 aromatic rings. The van der Waals surface area contributed by atoms with Gasteiger partial charge in [-0.3, -0.25) is 9.36 Å². The Balaban J connectivity index is 1.18. The molecule has 0 saturated heterocycles. The highest BCUT2D eigenvalue weighted by molar-refractivity contribution is 6.05. The number of amidine groups is 1. The fourth-order valence-corrected chi connectivity index (χ4v) is 6.58. The van der Waals surface area contributed by atoms with Gasteiger partial charge in [0.25, 0.3) is 17.0 Å². The lowest BCUT2D eigenvalue weighted by atomic mass is 9.98. The molecule has 302 valence electrons. The predicted octanol–water partition coefficient (Wildman–Crippen LogP) is 6.48. The van der Waals surface area contributed by atoms with Crippen LogP contribution in [0.25, 0.3) is 22.2 Å². The topological polar surface area (TPSA) is 226 Å². The van der Waals surface area contributed by atoms with Gasteiger partial charge in [0.15, 0.2) is 5.84 Å². The van der Waals surface area contributed by atoms with E-state index in [4.69, 9.17) is 30.5 Å². The van der Waals surface area contributed by atoms with Gasteiger partial charge in [-0.05, 0) is 79.1 Å². The number of fused-ring (bicyclic) bond motifs is 1.